The van der Waals surface area contributed by atoms with E-state index >= 15 is 0 Å². The molecule has 0 amide bonds. The van der Waals surface area contributed by atoms with Crippen LogP contribution in [-0.2, 0) is 37.1 Å². The summed E-state index contributed by atoms with van der Waals surface area (Å²) >= 11 is 0. The standard InChI is InChI=1S/C20H26N2O.C19H23NO2.4C2H6.2V/c1-15(2)21(5)17-9-7-11-19(13-17)23-20-12-8-10-18(14-20)22(6)16(3)4;1-14(2)20(5)16-8-6-9-17(12-16)22-19-11-7-10-18(13-19)21-15(3)4;4*1-2;;/h7-10,13-16H,1-6H3;6-8,10,12-15H,1-5H3;4*1-2H3;;/q2*-2;;;;;2*+2. The molecular formula is C47H73N3O3V2. The van der Waals surface area contributed by atoms with Crippen LogP contribution in [0.4, 0.5) is 17.1 Å². The Labute approximate surface area is 363 Å². The van der Waals surface area contributed by atoms with Crippen molar-refractivity contribution in [2.75, 3.05) is 35.8 Å². The molecule has 0 unspecified atom stereocenters. The van der Waals surface area contributed by atoms with E-state index in [-0.39, 0.29) is 43.2 Å². The van der Waals surface area contributed by atoms with Gasteiger partial charge in [0, 0.05) is 68.0 Å². The number of nitrogens with zero attached hydrogens (tertiary/aromatic N) is 3. The average molecular weight is 830 g/mol. The summed E-state index contributed by atoms with van der Waals surface area (Å²) in [6.07, 6.45) is 0.129. The second-order valence-corrected chi connectivity index (χ2v) is 12.1. The molecule has 4 rings (SSSR count). The summed E-state index contributed by atoms with van der Waals surface area (Å²) in [4.78, 5) is 6.59. The Kier molecular flexibility index (Phi) is 36.3. The predicted octanol–water partition coefficient (Wildman–Crippen LogP) is 13.6. The van der Waals surface area contributed by atoms with Gasteiger partial charge in [-0.25, -0.2) is 0 Å². The molecule has 0 aliphatic carbocycles. The monoisotopic (exact) mass is 829 g/mol. The van der Waals surface area contributed by atoms with Crippen molar-refractivity contribution in [3.63, 3.8) is 0 Å². The van der Waals surface area contributed by atoms with E-state index in [4.69, 9.17) is 14.2 Å². The van der Waals surface area contributed by atoms with Crippen LogP contribution >= 0.6 is 0 Å². The summed E-state index contributed by atoms with van der Waals surface area (Å²) in [6.45, 7) is 32.9. The minimum Gasteiger partial charge on any atom is -0.516 e. The molecule has 0 saturated carbocycles. The van der Waals surface area contributed by atoms with Crippen LogP contribution in [0.3, 0.4) is 0 Å². The average Bonchev–Trinajstić information content (AvgIpc) is 3.17. The summed E-state index contributed by atoms with van der Waals surface area (Å²) < 4.78 is 17.5. The zero-order valence-electron chi connectivity index (χ0n) is 37.7. The fourth-order valence-corrected chi connectivity index (χ4v) is 4.10. The van der Waals surface area contributed by atoms with Gasteiger partial charge in [-0.1, -0.05) is 78.5 Å². The van der Waals surface area contributed by atoms with Crippen LogP contribution in [-0.4, -0.2) is 45.4 Å². The van der Waals surface area contributed by atoms with Gasteiger partial charge in [-0.3, -0.25) is 0 Å². The van der Waals surface area contributed by atoms with Gasteiger partial charge in [-0.15, -0.1) is 66.7 Å². The van der Waals surface area contributed by atoms with Crippen LogP contribution < -0.4 is 28.9 Å². The topological polar surface area (TPSA) is 37.4 Å². The fourth-order valence-electron chi connectivity index (χ4n) is 4.10. The molecule has 0 heterocycles. The van der Waals surface area contributed by atoms with E-state index in [0.29, 0.717) is 41.1 Å². The SMILES string of the molecule is CC.CC.CC.CC.CC(C)N(C)c1cc[c-]c(Oc2[c-]ccc(N(C)C(C)C)c2)c1.CC(C)Oc1cc[c-]c(Oc2[c-]ccc(N(C)C(C)C)c2)c1.[V+2].[V+2]. The Bertz CT molecular complexity index is 1430. The molecule has 0 atom stereocenters. The van der Waals surface area contributed by atoms with Crippen molar-refractivity contribution >= 4 is 17.1 Å². The smallest absolute Gasteiger partial charge is 0.516 e. The Morgan fingerprint density at radius 3 is 0.927 bits per heavy atom. The van der Waals surface area contributed by atoms with Gasteiger partial charge in [-0.05, 0) is 55.4 Å². The zero-order chi connectivity index (χ0) is 41.1. The molecule has 304 valence electrons. The first-order valence-electron chi connectivity index (χ1n) is 19.6. The third-order valence-electron chi connectivity index (χ3n) is 7.38. The first kappa shape index (κ1) is 58.6. The molecule has 4 aromatic carbocycles. The van der Waals surface area contributed by atoms with Crippen LogP contribution in [0.5, 0.6) is 28.7 Å². The van der Waals surface area contributed by atoms with Crippen molar-refractivity contribution in [3.05, 3.63) is 97.1 Å². The third kappa shape index (κ3) is 22.9. The second-order valence-electron chi connectivity index (χ2n) is 12.1. The molecule has 8 heteroatoms. The summed E-state index contributed by atoms with van der Waals surface area (Å²) in [5.41, 5.74) is 3.33. The van der Waals surface area contributed by atoms with E-state index in [0.717, 1.165) is 22.8 Å². The molecule has 4 aromatic rings. The number of hydrogen-bond donors (Lipinski definition) is 0. The minimum absolute atomic E-state index is 0. The Hall–Kier alpha value is -3.15. The first-order valence-corrected chi connectivity index (χ1v) is 19.6. The maximum Gasteiger partial charge on any atom is 2.00 e. The van der Waals surface area contributed by atoms with Crippen molar-refractivity contribution in [2.45, 2.75) is 135 Å². The van der Waals surface area contributed by atoms with Crippen molar-refractivity contribution < 1.29 is 51.3 Å². The van der Waals surface area contributed by atoms with E-state index in [9.17, 15) is 0 Å². The molecule has 0 aliphatic rings. The van der Waals surface area contributed by atoms with E-state index < -0.39 is 0 Å². The van der Waals surface area contributed by atoms with Crippen LogP contribution in [0.2, 0.25) is 0 Å². The summed E-state index contributed by atoms with van der Waals surface area (Å²) in [7, 11) is 6.22. The van der Waals surface area contributed by atoms with Gasteiger partial charge in [0.2, 0.25) is 0 Å². The van der Waals surface area contributed by atoms with Crippen molar-refractivity contribution in [3.8, 4) is 28.7 Å². The largest absolute Gasteiger partial charge is 2.00 e. The molecule has 6 nitrogen and oxygen atoms in total. The molecule has 0 saturated heterocycles. The maximum absolute atomic E-state index is 5.96. The molecule has 0 fully saturated rings. The van der Waals surface area contributed by atoms with E-state index in [1.807, 2.05) is 136 Å². The first-order chi connectivity index (χ1) is 25.3. The van der Waals surface area contributed by atoms with Gasteiger partial charge in [-0.2, -0.15) is 24.3 Å². The zero-order valence-corrected chi connectivity index (χ0v) is 40.5. The Morgan fingerprint density at radius 1 is 0.418 bits per heavy atom. The molecule has 0 aliphatic heterocycles. The molecule has 0 spiro atoms. The Balaban J connectivity index is -0.000000388. The van der Waals surface area contributed by atoms with Crippen LogP contribution in [0, 0.1) is 24.3 Å². The number of hydrogen-bond acceptors (Lipinski definition) is 6. The van der Waals surface area contributed by atoms with Gasteiger partial charge in [0.25, 0.3) is 0 Å². The molecule has 2 radical (unpaired) electrons. The number of rotatable bonds is 12. The van der Waals surface area contributed by atoms with Crippen LogP contribution in [0.1, 0.15) is 111 Å². The van der Waals surface area contributed by atoms with Crippen LogP contribution in [0.25, 0.3) is 0 Å². The number of anilines is 3. The molecule has 0 N–H and O–H groups in total. The minimum atomic E-state index is 0. The van der Waals surface area contributed by atoms with Crippen LogP contribution in [0.15, 0.2) is 72.8 Å². The number of benzene rings is 4. The predicted molar refractivity (Wildman–Crippen MR) is 233 cm³/mol. The van der Waals surface area contributed by atoms with Gasteiger partial charge in [0.05, 0.1) is 6.10 Å². The fraction of sp³-hybridized carbons (Fsp3) is 0.489. The van der Waals surface area contributed by atoms with Crippen molar-refractivity contribution in [1.82, 2.24) is 0 Å². The van der Waals surface area contributed by atoms with Gasteiger partial charge < -0.3 is 28.9 Å². The van der Waals surface area contributed by atoms with Gasteiger partial charge >= 0.3 is 37.1 Å². The molecule has 0 aromatic heterocycles. The van der Waals surface area contributed by atoms with Gasteiger partial charge in [0.1, 0.15) is 0 Å². The second kappa shape index (κ2) is 34.1. The van der Waals surface area contributed by atoms with E-state index in [2.05, 4.69) is 102 Å². The third-order valence-corrected chi connectivity index (χ3v) is 7.38. The summed E-state index contributed by atoms with van der Waals surface area (Å²) in [5.74, 6) is 3.48. The quantitative estimate of drug-likeness (QED) is 0.132. The summed E-state index contributed by atoms with van der Waals surface area (Å²) in [6, 6.07) is 37.0. The van der Waals surface area contributed by atoms with Gasteiger partial charge in [0.15, 0.2) is 0 Å². The number of ether oxygens (including phenoxy) is 3. The van der Waals surface area contributed by atoms with Crippen molar-refractivity contribution in [2.24, 2.45) is 0 Å². The Morgan fingerprint density at radius 2 is 0.673 bits per heavy atom. The molecule has 55 heavy (non-hydrogen) atoms. The molecule has 0 bridgehead atoms. The van der Waals surface area contributed by atoms with E-state index in [1.165, 1.54) is 0 Å². The molecular weight excluding hydrogens is 756 g/mol. The normalized spacial score (nSPS) is 9.36. The van der Waals surface area contributed by atoms with E-state index in [1.54, 1.807) is 6.07 Å². The van der Waals surface area contributed by atoms with Crippen molar-refractivity contribution in [1.29, 1.82) is 0 Å². The maximum atomic E-state index is 5.96. The summed E-state index contributed by atoms with van der Waals surface area (Å²) in [5, 5.41) is 0.